The van der Waals surface area contributed by atoms with Gasteiger partial charge in [-0.3, -0.25) is 14.4 Å². The normalized spacial score (nSPS) is 12.9. The quantitative estimate of drug-likeness (QED) is 0.124. The standard InChI is InChI=1S/C39H45N3O5/c1-28(2)38(42-37(45)27-31-17-12-20-33(25-31)47-32-18-10-5-11-19-32)39(46)41-34(26-30-15-8-4-9-16-30)35(43)21-22-36(44)40-24-23-29-13-6-3-7-14-29/h3-20,25,28,34-35,38,43H,21-24,26-27H2,1-2H3,(H,40,44)(H,41,46)(H,42,45). The minimum absolute atomic E-state index is 0.0674. The number of hydrogen-bond donors (Lipinski definition) is 4. The number of ether oxygens (including phenoxy) is 1. The number of amides is 3. The highest BCUT2D eigenvalue weighted by molar-refractivity contribution is 5.88. The summed E-state index contributed by atoms with van der Waals surface area (Å²) >= 11 is 0. The van der Waals surface area contributed by atoms with E-state index in [0.717, 1.165) is 23.1 Å². The molecule has 4 aromatic rings. The van der Waals surface area contributed by atoms with Crippen molar-refractivity contribution >= 4 is 17.7 Å². The number of carbonyl (C=O) groups is 3. The second-order valence-corrected chi connectivity index (χ2v) is 12.0. The van der Waals surface area contributed by atoms with Crippen molar-refractivity contribution in [3.05, 3.63) is 132 Å². The third kappa shape index (κ3) is 12.1. The predicted octanol–water partition coefficient (Wildman–Crippen LogP) is 5.39. The third-order valence-corrected chi connectivity index (χ3v) is 7.84. The van der Waals surface area contributed by atoms with Crippen LogP contribution in [-0.4, -0.2) is 47.6 Å². The van der Waals surface area contributed by atoms with Crippen LogP contribution >= 0.6 is 0 Å². The molecule has 0 spiro atoms. The number of carbonyl (C=O) groups excluding carboxylic acids is 3. The van der Waals surface area contributed by atoms with E-state index in [1.165, 1.54) is 0 Å². The molecule has 4 rings (SSSR count). The van der Waals surface area contributed by atoms with Crippen molar-refractivity contribution in [2.75, 3.05) is 6.54 Å². The topological polar surface area (TPSA) is 117 Å². The largest absolute Gasteiger partial charge is 0.457 e. The van der Waals surface area contributed by atoms with E-state index < -0.39 is 18.2 Å². The van der Waals surface area contributed by atoms with Crippen LogP contribution in [0.25, 0.3) is 0 Å². The second kappa shape index (κ2) is 18.3. The molecular weight excluding hydrogens is 590 g/mol. The molecule has 0 radical (unpaired) electrons. The van der Waals surface area contributed by atoms with E-state index in [-0.39, 0.29) is 42.9 Å². The van der Waals surface area contributed by atoms with Crippen molar-refractivity contribution in [2.24, 2.45) is 5.92 Å². The Kier molecular flexibility index (Phi) is 13.6. The first-order valence-corrected chi connectivity index (χ1v) is 16.2. The first-order valence-electron chi connectivity index (χ1n) is 16.2. The molecule has 3 atom stereocenters. The fourth-order valence-electron chi connectivity index (χ4n) is 5.27. The molecule has 8 heteroatoms. The molecule has 0 heterocycles. The fraction of sp³-hybridized carbons (Fsp3) is 0.308. The van der Waals surface area contributed by atoms with Crippen LogP contribution in [0.5, 0.6) is 11.5 Å². The van der Waals surface area contributed by atoms with Crippen LogP contribution < -0.4 is 20.7 Å². The van der Waals surface area contributed by atoms with Gasteiger partial charge in [0.15, 0.2) is 0 Å². The minimum Gasteiger partial charge on any atom is -0.457 e. The molecule has 0 aliphatic rings. The Hall–Kier alpha value is -4.95. The van der Waals surface area contributed by atoms with Gasteiger partial charge in [-0.2, -0.15) is 0 Å². The van der Waals surface area contributed by atoms with Crippen molar-refractivity contribution in [3.63, 3.8) is 0 Å². The van der Waals surface area contributed by atoms with Crippen LogP contribution in [0.4, 0.5) is 0 Å². The van der Waals surface area contributed by atoms with Crippen LogP contribution in [0.2, 0.25) is 0 Å². The maximum Gasteiger partial charge on any atom is 0.243 e. The minimum atomic E-state index is -0.977. The van der Waals surface area contributed by atoms with E-state index in [1.807, 2.05) is 123 Å². The molecule has 246 valence electrons. The zero-order valence-electron chi connectivity index (χ0n) is 27.1. The number of hydrogen-bond acceptors (Lipinski definition) is 5. The summed E-state index contributed by atoms with van der Waals surface area (Å²) < 4.78 is 5.90. The first kappa shape index (κ1) is 34.9. The lowest BCUT2D eigenvalue weighted by Crippen LogP contribution is -2.55. The summed E-state index contributed by atoms with van der Waals surface area (Å²) in [5.41, 5.74) is 2.82. The van der Waals surface area contributed by atoms with Crippen molar-refractivity contribution in [1.29, 1.82) is 0 Å². The fourth-order valence-corrected chi connectivity index (χ4v) is 5.27. The highest BCUT2D eigenvalue weighted by Gasteiger charge is 2.29. The van der Waals surface area contributed by atoms with Gasteiger partial charge in [0.25, 0.3) is 0 Å². The van der Waals surface area contributed by atoms with E-state index >= 15 is 0 Å². The summed E-state index contributed by atoms with van der Waals surface area (Å²) in [7, 11) is 0. The number of rotatable bonds is 17. The van der Waals surface area contributed by atoms with Gasteiger partial charge in [0.1, 0.15) is 17.5 Å². The zero-order chi connectivity index (χ0) is 33.4. The molecule has 0 aliphatic carbocycles. The summed E-state index contributed by atoms with van der Waals surface area (Å²) in [5.74, 6) is 0.251. The Bertz CT molecular complexity index is 1550. The van der Waals surface area contributed by atoms with Crippen molar-refractivity contribution in [3.8, 4) is 11.5 Å². The highest BCUT2D eigenvalue weighted by atomic mass is 16.5. The van der Waals surface area contributed by atoms with Crippen molar-refractivity contribution < 1.29 is 24.2 Å². The second-order valence-electron chi connectivity index (χ2n) is 12.0. The molecule has 4 aromatic carbocycles. The number of aliphatic hydroxyl groups is 1. The molecule has 47 heavy (non-hydrogen) atoms. The molecule has 0 aliphatic heterocycles. The first-order chi connectivity index (χ1) is 22.8. The Balaban J connectivity index is 1.34. The Morgan fingerprint density at radius 3 is 1.96 bits per heavy atom. The monoisotopic (exact) mass is 635 g/mol. The number of para-hydroxylation sites is 1. The molecule has 0 aromatic heterocycles. The lowest BCUT2D eigenvalue weighted by molar-refractivity contribution is -0.130. The van der Waals surface area contributed by atoms with E-state index in [4.69, 9.17) is 4.74 Å². The van der Waals surface area contributed by atoms with Gasteiger partial charge in [0.2, 0.25) is 17.7 Å². The molecule has 0 fully saturated rings. The van der Waals surface area contributed by atoms with Crippen LogP contribution in [0.15, 0.2) is 115 Å². The molecule has 4 N–H and O–H groups in total. The van der Waals surface area contributed by atoms with Gasteiger partial charge in [-0.05, 0) is 66.1 Å². The van der Waals surface area contributed by atoms with E-state index in [0.29, 0.717) is 24.5 Å². The SMILES string of the molecule is CC(C)C(NC(=O)Cc1cccc(Oc2ccccc2)c1)C(=O)NC(Cc1ccccc1)C(O)CCC(=O)NCCc1ccccc1. The van der Waals surface area contributed by atoms with E-state index in [9.17, 15) is 19.5 Å². The smallest absolute Gasteiger partial charge is 0.243 e. The van der Waals surface area contributed by atoms with Gasteiger partial charge < -0.3 is 25.8 Å². The van der Waals surface area contributed by atoms with Gasteiger partial charge in [-0.15, -0.1) is 0 Å². The number of benzene rings is 4. The Morgan fingerprint density at radius 1 is 0.702 bits per heavy atom. The lowest BCUT2D eigenvalue weighted by Gasteiger charge is -2.28. The molecule has 0 saturated heterocycles. The molecule has 0 saturated carbocycles. The predicted molar refractivity (Wildman–Crippen MR) is 184 cm³/mol. The van der Waals surface area contributed by atoms with Gasteiger partial charge in [-0.25, -0.2) is 0 Å². The van der Waals surface area contributed by atoms with E-state index in [2.05, 4.69) is 16.0 Å². The van der Waals surface area contributed by atoms with Crippen LogP contribution in [0.1, 0.15) is 43.4 Å². The van der Waals surface area contributed by atoms with Gasteiger partial charge in [-0.1, -0.05) is 105 Å². The third-order valence-electron chi connectivity index (χ3n) is 7.84. The maximum atomic E-state index is 13.6. The van der Waals surface area contributed by atoms with Crippen LogP contribution in [-0.2, 0) is 33.6 Å². The van der Waals surface area contributed by atoms with E-state index in [1.54, 1.807) is 6.07 Å². The van der Waals surface area contributed by atoms with Gasteiger partial charge in [0, 0.05) is 13.0 Å². The molecule has 0 bridgehead atoms. The van der Waals surface area contributed by atoms with Crippen molar-refractivity contribution in [2.45, 2.75) is 64.1 Å². The summed E-state index contributed by atoms with van der Waals surface area (Å²) in [6.45, 7) is 4.23. The Morgan fingerprint density at radius 2 is 1.30 bits per heavy atom. The Labute approximate surface area is 277 Å². The van der Waals surface area contributed by atoms with Crippen LogP contribution in [0.3, 0.4) is 0 Å². The summed E-state index contributed by atoms with van der Waals surface area (Å²) in [5, 5.41) is 20.0. The maximum absolute atomic E-state index is 13.6. The van der Waals surface area contributed by atoms with Gasteiger partial charge in [0.05, 0.1) is 18.6 Å². The summed E-state index contributed by atoms with van der Waals surface area (Å²) in [6.07, 6.45) is 0.476. The van der Waals surface area contributed by atoms with Gasteiger partial charge >= 0.3 is 0 Å². The highest BCUT2D eigenvalue weighted by Crippen LogP contribution is 2.22. The summed E-state index contributed by atoms with van der Waals surface area (Å²) in [4.78, 5) is 39.3. The zero-order valence-corrected chi connectivity index (χ0v) is 27.1. The molecule has 8 nitrogen and oxygen atoms in total. The summed E-state index contributed by atoms with van der Waals surface area (Å²) in [6, 6.07) is 34.7. The van der Waals surface area contributed by atoms with Crippen LogP contribution in [0, 0.1) is 5.92 Å². The average molecular weight is 636 g/mol. The number of aliphatic hydroxyl groups excluding tert-OH is 1. The average Bonchev–Trinajstić information content (AvgIpc) is 3.07. The lowest BCUT2D eigenvalue weighted by atomic mass is 9.96. The molecular formula is C39H45N3O5. The molecule has 3 amide bonds. The molecule has 3 unspecified atom stereocenters. The van der Waals surface area contributed by atoms with Crippen molar-refractivity contribution in [1.82, 2.24) is 16.0 Å². The number of nitrogens with one attached hydrogen (secondary N) is 3.